The Morgan fingerprint density at radius 2 is 1.94 bits per heavy atom. The van der Waals surface area contributed by atoms with Gasteiger partial charge in [-0.3, -0.25) is 19.2 Å². The van der Waals surface area contributed by atoms with Crippen molar-refractivity contribution in [3.63, 3.8) is 0 Å². The van der Waals surface area contributed by atoms with Crippen LogP contribution >= 0.6 is 27.5 Å². The summed E-state index contributed by atoms with van der Waals surface area (Å²) in [7, 11) is 0. The van der Waals surface area contributed by atoms with Crippen LogP contribution < -0.4 is 10.2 Å². The highest BCUT2D eigenvalue weighted by Gasteiger charge is 2.76. The van der Waals surface area contributed by atoms with Crippen molar-refractivity contribution < 1.29 is 33.8 Å². The number of amides is 3. The molecule has 262 valence electrons. The third-order valence-electron chi connectivity index (χ3n) is 9.65. The minimum Gasteiger partial charge on any atom is -0.463 e. The van der Waals surface area contributed by atoms with Gasteiger partial charge in [-0.05, 0) is 49.8 Å². The zero-order valence-corrected chi connectivity index (χ0v) is 29.9. The van der Waals surface area contributed by atoms with Gasteiger partial charge in [0.1, 0.15) is 18.2 Å². The van der Waals surface area contributed by atoms with Crippen LogP contribution in [0.1, 0.15) is 49.3 Å². The molecule has 3 amide bonds. The average molecular weight is 757 g/mol. The number of likely N-dealkylation sites (tertiary alicyclic amines) is 1. The molecule has 5 rings (SSSR count). The Hall–Kier alpha value is -3.51. The van der Waals surface area contributed by atoms with E-state index in [1.165, 1.54) is 9.80 Å². The number of benzene rings is 2. The third kappa shape index (κ3) is 7.22. The molecule has 3 aliphatic rings. The number of aliphatic hydroxyl groups excluding tert-OH is 1. The number of para-hydroxylation sites is 1. The number of esters is 1. The second kappa shape index (κ2) is 16.0. The number of anilines is 1. The maximum absolute atomic E-state index is 14.9. The molecule has 3 fully saturated rings. The summed E-state index contributed by atoms with van der Waals surface area (Å²) in [5.74, 6) is -3.45. The van der Waals surface area contributed by atoms with E-state index in [0.717, 1.165) is 11.1 Å². The van der Waals surface area contributed by atoms with Crippen molar-refractivity contribution in [1.82, 2.24) is 10.2 Å². The molecule has 2 aromatic carbocycles. The first-order chi connectivity index (χ1) is 23.6. The largest absolute Gasteiger partial charge is 0.463 e. The van der Waals surface area contributed by atoms with Crippen molar-refractivity contribution in [2.45, 2.75) is 67.6 Å². The number of hydrogen-bond donors (Lipinski definition) is 2. The molecule has 2 aromatic rings. The van der Waals surface area contributed by atoms with Gasteiger partial charge >= 0.3 is 5.97 Å². The molecule has 7 atom stereocenters. The van der Waals surface area contributed by atoms with E-state index < -0.39 is 47.5 Å². The highest BCUT2D eigenvalue weighted by Crippen LogP contribution is 2.60. The Morgan fingerprint density at radius 1 is 1.18 bits per heavy atom. The van der Waals surface area contributed by atoms with Crippen LogP contribution in [0.5, 0.6) is 0 Å². The van der Waals surface area contributed by atoms with Crippen LogP contribution in [0.25, 0.3) is 0 Å². The van der Waals surface area contributed by atoms with Gasteiger partial charge < -0.3 is 29.7 Å². The van der Waals surface area contributed by atoms with Crippen LogP contribution in [0, 0.1) is 18.8 Å². The van der Waals surface area contributed by atoms with Gasteiger partial charge in [-0.15, -0.1) is 13.2 Å². The number of halogens is 2. The number of alkyl halides is 1. The predicted octanol–water partition coefficient (Wildman–Crippen LogP) is 5.05. The number of hydrogen-bond acceptors (Lipinski definition) is 7. The molecule has 10 nitrogen and oxygen atoms in total. The van der Waals surface area contributed by atoms with E-state index >= 15 is 0 Å². The Balaban J connectivity index is 1.50. The number of allylic oxidation sites excluding steroid dienone is 1. The van der Waals surface area contributed by atoms with Crippen LogP contribution in [-0.4, -0.2) is 82.6 Å². The van der Waals surface area contributed by atoms with Crippen molar-refractivity contribution in [2.24, 2.45) is 11.8 Å². The first-order valence-electron chi connectivity index (χ1n) is 16.6. The quantitative estimate of drug-likeness (QED) is 0.106. The lowest BCUT2D eigenvalue weighted by molar-refractivity contribution is -0.145. The molecular weight excluding hydrogens is 714 g/mol. The topological polar surface area (TPSA) is 125 Å². The molecule has 1 unspecified atom stereocenters. The van der Waals surface area contributed by atoms with Crippen LogP contribution in [0.2, 0.25) is 5.02 Å². The smallest absolute Gasteiger partial charge is 0.306 e. The number of aryl methyl sites for hydroxylation is 1. The fourth-order valence-electron chi connectivity index (χ4n) is 7.52. The normalized spacial score (nSPS) is 25.8. The summed E-state index contributed by atoms with van der Waals surface area (Å²) in [6, 6.07) is 12.8. The van der Waals surface area contributed by atoms with Gasteiger partial charge in [-0.2, -0.15) is 0 Å². The van der Waals surface area contributed by atoms with Crippen molar-refractivity contribution in [2.75, 3.05) is 31.2 Å². The molecule has 3 aliphatic heterocycles. The molecule has 0 aromatic heterocycles. The monoisotopic (exact) mass is 755 g/mol. The summed E-state index contributed by atoms with van der Waals surface area (Å²) in [5, 5.41) is 13.0. The Bertz CT molecular complexity index is 1550. The van der Waals surface area contributed by atoms with E-state index in [4.69, 9.17) is 21.1 Å². The summed E-state index contributed by atoms with van der Waals surface area (Å²) in [6.07, 6.45) is 4.40. The van der Waals surface area contributed by atoms with Gasteiger partial charge in [0.2, 0.25) is 11.8 Å². The number of ether oxygens (including phenoxy) is 2. The molecular formula is C37H43BrClN3O7. The summed E-state index contributed by atoms with van der Waals surface area (Å²) in [5.41, 5.74) is 0.718. The summed E-state index contributed by atoms with van der Waals surface area (Å²) < 4.78 is 12.2. The number of aliphatic hydroxyl groups is 1. The van der Waals surface area contributed by atoms with E-state index in [1.54, 1.807) is 24.3 Å². The van der Waals surface area contributed by atoms with Crippen LogP contribution in [-0.2, 0) is 28.7 Å². The molecule has 0 aliphatic carbocycles. The zero-order chi connectivity index (χ0) is 35.3. The fourth-order valence-corrected chi connectivity index (χ4v) is 8.79. The fraction of sp³-hybridized carbons (Fsp3) is 0.459. The number of nitrogens with zero attached hydrogens (tertiary/aromatic N) is 2. The molecule has 3 saturated heterocycles. The van der Waals surface area contributed by atoms with Crippen LogP contribution in [0.15, 0.2) is 73.8 Å². The van der Waals surface area contributed by atoms with Crippen LogP contribution in [0.3, 0.4) is 0 Å². The minimum atomic E-state index is -1.30. The molecule has 3 heterocycles. The second-order valence-electron chi connectivity index (χ2n) is 12.8. The van der Waals surface area contributed by atoms with E-state index in [1.807, 2.05) is 43.3 Å². The summed E-state index contributed by atoms with van der Waals surface area (Å²) in [4.78, 5) is 58.9. The Morgan fingerprint density at radius 3 is 2.61 bits per heavy atom. The first-order valence-corrected chi connectivity index (χ1v) is 17.9. The minimum absolute atomic E-state index is 0.0667. The van der Waals surface area contributed by atoms with E-state index in [2.05, 4.69) is 34.4 Å². The summed E-state index contributed by atoms with van der Waals surface area (Å²) in [6.45, 7) is 9.53. The number of unbranched alkanes of at least 4 members (excludes halogenated alkanes) is 1. The van der Waals surface area contributed by atoms with Crippen molar-refractivity contribution in [3.05, 3.63) is 90.0 Å². The van der Waals surface area contributed by atoms with E-state index in [-0.39, 0.29) is 49.4 Å². The van der Waals surface area contributed by atoms with Gasteiger partial charge in [-0.1, -0.05) is 82.1 Å². The SMILES string of the molecule is C=CCCC(=O)OC[C@@H](NC(=O)[C@H]1[C@@H]2O[C@@]3(CC2Br)[C@@H]1C(=O)N(CCCCO)[C@@H]3C(=O)N(CC=C)c1c(C)cccc1Cl)c1ccccc1. The van der Waals surface area contributed by atoms with Gasteiger partial charge in [-0.25, -0.2) is 0 Å². The first kappa shape index (κ1) is 36.8. The maximum atomic E-state index is 14.9. The zero-order valence-electron chi connectivity index (χ0n) is 27.6. The molecule has 49 heavy (non-hydrogen) atoms. The number of carbonyl (C=O) groups is 4. The highest BCUT2D eigenvalue weighted by atomic mass is 79.9. The second-order valence-corrected chi connectivity index (χ2v) is 14.3. The van der Waals surface area contributed by atoms with Crippen LogP contribution in [0.4, 0.5) is 5.69 Å². The molecule has 12 heteroatoms. The van der Waals surface area contributed by atoms with E-state index in [0.29, 0.717) is 36.4 Å². The van der Waals surface area contributed by atoms with Gasteiger partial charge in [0.05, 0.1) is 34.7 Å². The lowest BCUT2D eigenvalue weighted by Crippen LogP contribution is -2.57. The number of nitrogens with one attached hydrogen (secondary N) is 1. The third-order valence-corrected chi connectivity index (χ3v) is 10.8. The predicted molar refractivity (Wildman–Crippen MR) is 190 cm³/mol. The Kier molecular flexibility index (Phi) is 12.0. The molecule has 0 radical (unpaired) electrons. The van der Waals surface area contributed by atoms with Gasteiger partial charge in [0.15, 0.2) is 0 Å². The lowest BCUT2D eigenvalue weighted by atomic mass is 9.70. The summed E-state index contributed by atoms with van der Waals surface area (Å²) >= 11 is 10.4. The van der Waals surface area contributed by atoms with Gasteiger partial charge in [0, 0.05) is 30.9 Å². The number of rotatable bonds is 16. The lowest BCUT2D eigenvalue weighted by Gasteiger charge is -2.37. The molecule has 2 N–H and O–H groups in total. The number of carbonyl (C=O) groups excluding carboxylic acids is 4. The maximum Gasteiger partial charge on any atom is 0.306 e. The van der Waals surface area contributed by atoms with Crippen molar-refractivity contribution >= 4 is 56.9 Å². The number of fused-ring (bicyclic) bond motifs is 1. The van der Waals surface area contributed by atoms with Gasteiger partial charge in [0.25, 0.3) is 5.91 Å². The van der Waals surface area contributed by atoms with Crippen molar-refractivity contribution in [1.29, 1.82) is 0 Å². The van der Waals surface area contributed by atoms with Crippen molar-refractivity contribution in [3.8, 4) is 0 Å². The molecule has 1 spiro atoms. The molecule has 0 saturated carbocycles. The highest BCUT2D eigenvalue weighted by molar-refractivity contribution is 9.09. The Labute approximate surface area is 300 Å². The standard InChI is InChI=1S/C37H43BrClN3O7/c1-4-6-17-28(44)48-22-27(24-14-8-7-9-15-24)40-34(45)29-30-35(46)42(19-10-11-20-43)33(37(30)21-25(38)32(29)49-37)36(47)41(18-5-2)31-23(3)13-12-16-26(31)39/h4-5,7-9,12-16,25,27,29-30,32-33,43H,1-2,6,10-11,17-22H2,3H3,(H,40,45)/t25?,27-,29-,30+,32-,33-,37+/m1/s1. The average Bonchev–Trinajstić information content (AvgIpc) is 3.68. The van der Waals surface area contributed by atoms with E-state index in [9.17, 15) is 24.3 Å². The molecule has 2 bridgehead atoms.